The number of carbonyl (C=O) groups is 2. The lowest BCUT2D eigenvalue weighted by molar-refractivity contribution is -0.154. The van der Waals surface area contributed by atoms with Crippen LogP contribution in [-0.4, -0.2) is 34.6 Å². The summed E-state index contributed by atoms with van der Waals surface area (Å²) in [6, 6.07) is 5.83. The standard InChI is InChI=1S/C18H19F3N4O3/c1-3-15(26)25-14-7-13(6-11(2)24-14)17(27)23-9-12-4-5-16(22-8-12)28-10-18(19,20)21/h4-8H,3,9-10H2,1-2H3,(H,23,27)(H,24,25,26). The molecule has 0 aliphatic heterocycles. The van der Waals surface area contributed by atoms with Crippen LogP contribution < -0.4 is 15.4 Å². The maximum atomic E-state index is 12.3. The number of hydrogen-bond donors (Lipinski definition) is 2. The number of ether oxygens (including phenoxy) is 1. The van der Waals surface area contributed by atoms with E-state index in [4.69, 9.17) is 0 Å². The Hall–Kier alpha value is -3.17. The molecule has 2 aromatic heterocycles. The molecule has 0 unspecified atom stereocenters. The predicted molar refractivity (Wildman–Crippen MR) is 94.9 cm³/mol. The van der Waals surface area contributed by atoms with Gasteiger partial charge in [0.05, 0.1) is 0 Å². The predicted octanol–water partition coefficient (Wildman–Crippen LogP) is 3.00. The topological polar surface area (TPSA) is 93.2 Å². The fraction of sp³-hybridized carbons (Fsp3) is 0.333. The number of pyridine rings is 2. The molecule has 0 radical (unpaired) electrons. The van der Waals surface area contributed by atoms with E-state index >= 15 is 0 Å². The van der Waals surface area contributed by atoms with Crippen molar-refractivity contribution >= 4 is 17.6 Å². The highest BCUT2D eigenvalue weighted by Crippen LogP contribution is 2.17. The average Bonchev–Trinajstić information content (AvgIpc) is 2.64. The normalized spacial score (nSPS) is 11.0. The summed E-state index contributed by atoms with van der Waals surface area (Å²) in [7, 11) is 0. The molecule has 0 aliphatic carbocycles. The van der Waals surface area contributed by atoms with Crippen molar-refractivity contribution in [3.63, 3.8) is 0 Å². The summed E-state index contributed by atoms with van der Waals surface area (Å²) in [4.78, 5) is 31.7. The molecule has 2 N–H and O–H groups in total. The Morgan fingerprint density at radius 2 is 1.96 bits per heavy atom. The number of halogens is 3. The van der Waals surface area contributed by atoms with Gasteiger partial charge in [0.15, 0.2) is 6.61 Å². The van der Waals surface area contributed by atoms with E-state index in [0.29, 0.717) is 16.8 Å². The number of amides is 2. The number of anilines is 1. The Morgan fingerprint density at radius 1 is 1.21 bits per heavy atom. The zero-order chi connectivity index (χ0) is 20.7. The number of aryl methyl sites for hydroxylation is 1. The maximum absolute atomic E-state index is 12.3. The lowest BCUT2D eigenvalue weighted by Crippen LogP contribution is -2.23. The van der Waals surface area contributed by atoms with Crippen LogP contribution >= 0.6 is 0 Å². The number of aromatic nitrogens is 2. The van der Waals surface area contributed by atoms with Gasteiger partial charge in [-0.05, 0) is 24.6 Å². The van der Waals surface area contributed by atoms with Crippen molar-refractivity contribution in [2.45, 2.75) is 33.0 Å². The van der Waals surface area contributed by atoms with Crippen molar-refractivity contribution in [3.05, 3.63) is 47.3 Å². The van der Waals surface area contributed by atoms with Gasteiger partial charge in [0.25, 0.3) is 5.91 Å². The zero-order valence-electron chi connectivity index (χ0n) is 15.3. The van der Waals surface area contributed by atoms with E-state index in [1.54, 1.807) is 19.9 Å². The lowest BCUT2D eigenvalue weighted by atomic mass is 10.2. The molecule has 0 saturated carbocycles. The SMILES string of the molecule is CCC(=O)Nc1cc(C(=O)NCc2ccc(OCC(F)(F)F)nc2)cc(C)n1. The summed E-state index contributed by atoms with van der Waals surface area (Å²) in [5.74, 6) is -0.489. The Kier molecular flexibility index (Phi) is 6.91. The number of rotatable bonds is 7. The van der Waals surface area contributed by atoms with E-state index in [9.17, 15) is 22.8 Å². The minimum atomic E-state index is -4.44. The van der Waals surface area contributed by atoms with Crippen molar-refractivity contribution in [3.8, 4) is 5.88 Å². The maximum Gasteiger partial charge on any atom is 0.422 e. The third kappa shape index (κ3) is 6.86. The molecule has 7 nitrogen and oxygen atoms in total. The van der Waals surface area contributed by atoms with Gasteiger partial charge in [0, 0.05) is 36.5 Å². The second-order valence-electron chi connectivity index (χ2n) is 5.88. The quantitative estimate of drug-likeness (QED) is 0.751. The van der Waals surface area contributed by atoms with Crippen molar-refractivity contribution in [1.82, 2.24) is 15.3 Å². The first-order chi connectivity index (χ1) is 13.2. The van der Waals surface area contributed by atoms with Gasteiger partial charge in [-0.1, -0.05) is 13.0 Å². The van der Waals surface area contributed by atoms with Crippen LogP contribution in [0.2, 0.25) is 0 Å². The molecule has 2 amide bonds. The summed E-state index contributed by atoms with van der Waals surface area (Å²) in [5.41, 5.74) is 1.46. The fourth-order valence-electron chi connectivity index (χ4n) is 2.14. The molecule has 0 bridgehead atoms. The van der Waals surface area contributed by atoms with Crippen LogP contribution in [0.15, 0.2) is 30.5 Å². The molecular weight excluding hydrogens is 377 g/mol. The zero-order valence-corrected chi connectivity index (χ0v) is 15.3. The molecule has 2 heterocycles. The monoisotopic (exact) mass is 396 g/mol. The molecule has 2 aromatic rings. The highest BCUT2D eigenvalue weighted by Gasteiger charge is 2.28. The van der Waals surface area contributed by atoms with E-state index in [1.165, 1.54) is 24.4 Å². The first-order valence-corrected chi connectivity index (χ1v) is 8.37. The Bertz CT molecular complexity index is 839. The first-order valence-electron chi connectivity index (χ1n) is 8.37. The first kappa shape index (κ1) is 21.1. The molecular formula is C18H19F3N4O3. The summed E-state index contributed by atoms with van der Waals surface area (Å²) >= 11 is 0. The number of nitrogens with zero attached hydrogens (tertiary/aromatic N) is 2. The van der Waals surface area contributed by atoms with Crippen molar-refractivity contribution in [1.29, 1.82) is 0 Å². The van der Waals surface area contributed by atoms with E-state index in [-0.39, 0.29) is 30.6 Å². The largest absolute Gasteiger partial charge is 0.468 e. The van der Waals surface area contributed by atoms with Crippen LogP contribution in [0.25, 0.3) is 0 Å². The molecule has 10 heteroatoms. The molecule has 28 heavy (non-hydrogen) atoms. The number of hydrogen-bond acceptors (Lipinski definition) is 5. The molecule has 0 saturated heterocycles. The molecule has 0 aliphatic rings. The summed E-state index contributed by atoms with van der Waals surface area (Å²) in [5, 5.41) is 5.27. The third-order valence-electron chi connectivity index (χ3n) is 3.44. The van der Waals surface area contributed by atoms with Crippen LogP contribution in [0.5, 0.6) is 5.88 Å². The minimum absolute atomic E-state index is 0.114. The van der Waals surface area contributed by atoms with Gasteiger partial charge >= 0.3 is 6.18 Å². The second kappa shape index (κ2) is 9.16. The fourth-order valence-corrected chi connectivity index (χ4v) is 2.14. The van der Waals surface area contributed by atoms with Crippen LogP contribution in [0.1, 0.15) is 35.0 Å². The van der Waals surface area contributed by atoms with E-state index in [2.05, 4.69) is 25.3 Å². The van der Waals surface area contributed by atoms with Crippen LogP contribution in [-0.2, 0) is 11.3 Å². The molecule has 0 fully saturated rings. The highest BCUT2D eigenvalue weighted by atomic mass is 19.4. The van der Waals surface area contributed by atoms with Crippen LogP contribution in [0, 0.1) is 6.92 Å². The highest BCUT2D eigenvalue weighted by molar-refractivity contribution is 5.96. The van der Waals surface area contributed by atoms with E-state index in [0.717, 1.165) is 0 Å². The van der Waals surface area contributed by atoms with Gasteiger partial charge in [0.2, 0.25) is 11.8 Å². The van der Waals surface area contributed by atoms with Crippen molar-refractivity contribution < 1.29 is 27.5 Å². The summed E-state index contributed by atoms with van der Waals surface area (Å²) in [6.07, 6.45) is -2.84. The van der Waals surface area contributed by atoms with Gasteiger partial charge in [0.1, 0.15) is 5.82 Å². The number of carbonyl (C=O) groups excluding carboxylic acids is 2. The molecule has 150 valence electrons. The molecule has 2 rings (SSSR count). The van der Waals surface area contributed by atoms with Crippen molar-refractivity contribution in [2.75, 3.05) is 11.9 Å². The Balaban J connectivity index is 1.95. The van der Waals surface area contributed by atoms with Crippen LogP contribution in [0.3, 0.4) is 0 Å². The molecule has 0 atom stereocenters. The second-order valence-corrected chi connectivity index (χ2v) is 5.88. The Labute approximate surface area is 159 Å². The van der Waals surface area contributed by atoms with E-state index < -0.39 is 18.7 Å². The van der Waals surface area contributed by atoms with Gasteiger partial charge in [-0.25, -0.2) is 9.97 Å². The smallest absolute Gasteiger partial charge is 0.422 e. The van der Waals surface area contributed by atoms with Gasteiger partial charge < -0.3 is 15.4 Å². The van der Waals surface area contributed by atoms with Gasteiger partial charge in [-0.2, -0.15) is 13.2 Å². The van der Waals surface area contributed by atoms with Gasteiger partial charge in [-0.15, -0.1) is 0 Å². The third-order valence-corrected chi connectivity index (χ3v) is 3.44. The van der Waals surface area contributed by atoms with Gasteiger partial charge in [-0.3, -0.25) is 9.59 Å². The average molecular weight is 396 g/mol. The number of nitrogens with one attached hydrogen (secondary N) is 2. The van der Waals surface area contributed by atoms with Crippen molar-refractivity contribution in [2.24, 2.45) is 0 Å². The summed E-state index contributed by atoms with van der Waals surface area (Å²) < 4.78 is 40.9. The Morgan fingerprint density at radius 3 is 2.57 bits per heavy atom. The number of alkyl halides is 3. The molecule has 0 spiro atoms. The lowest BCUT2D eigenvalue weighted by Gasteiger charge is -2.10. The minimum Gasteiger partial charge on any atom is -0.468 e. The summed E-state index contributed by atoms with van der Waals surface area (Å²) in [6.45, 7) is 2.09. The van der Waals surface area contributed by atoms with E-state index in [1.807, 2.05) is 0 Å². The van der Waals surface area contributed by atoms with Crippen LogP contribution in [0.4, 0.5) is 19.0 Å². The molecule has 0 aromatic carbocycles.